The number of fused-ring (bicyclic) bond motifs is 1. The lowest BCUT2D eigenvalue weighted by Gasteiger charge is -2.27. The van der Waals surface area contributed by atoms with Gasteiger partial charge in [-0.05, 0) is 19.4 Å². The molecule has 126 valence electrons. The molecule has 0 bridgehead atoms. The van der Waals surface area contributed by atoms with E-state index in [0.717, 1.165) is 11.3 Å². The van der Waals surface area contributed by atoms with E-state index in [1.807, 2.05) is 30.3 Å². The maximum absolute atomic E-state index is 12.4. The van der Waals surface area contributed by atoms with Crippen molar-refractivity contribution in [3.05, 3.63) is 63.3 Å². The summed E-state index contributed by atoms with van der Waals surface area (Å²) in [5.41, 5.74) is 2.25. The molecule has 0 saturated heterocycles. The van der Waals surface area contributed by atoms with Gasteiger partial charge in [-0.2, -0.15) is 0 Å². The molecule has 0 unspecified atom stereocenters. The SMILES string of the molecule is CC(C)OC(=O)N1CCc2nc(Cc3ccccc3)[nH]c(=O)c2C1. The number of H-pyrrole nitrogens is 1. The van der Waals surface area contributed by atoms with Crippen LogP contribution in [0.4, 0.5) is 4.79 Å². The number of hydrogen-bond acceptors (Lipinski definition) is 4. The summed E-state index contributed by atoms with van der Waals surface area (Å²) >= 11 is 0. The molecule has 1 aliphatic heterocycles. The van der Waals surface area contributed by atoms with E-state index in [2.05, 4.69) is 9.97 Å². The molecule has 0 aliphatic carbocycles. The molecule has 1 aliphatic rings. The lowest BCUT2D eigenvalue weighted by Crippen LogP contribution is -2.40. The Morgan fingerprint density at radius 1 is 1.33 bits per heavy atom. The summed E-state index contributed by atoms with van der Waals surface area (Å²) in [6.07, 6.45) is 0.587. The third-order valence-electron chi connectivity index (χ3n) is 3.93. The third kappa shape index (κ3) is 3.64. The van der Waals surface area contributed by atoms with Crippen molar-refractivity contribution in [2.75, 3.05) is 6.54 Å². The zero-order chi connectivity index (χ0) is 17.1. The van der Waals surface area contributed by atoms with Gasteiger partial charge in [0, 0.05) is 19.4 Å². The molecule has 1 aromatic carbocycles. The molecule has 2 aromatic rings. The second kappa shape index (κ2) is 6.86. The lowest BCUT2D eigenvalue weighted by atomic mass is 10.1. The van der Waals surface area contributed by atoms with Crippen LogP contribution in [0.15, 0.2) is 35.1 Å². The Balaban J connectivity index is 1.79. The van der Waals surface area contributed by atoms with Gasteiger partial charge in [-0.1, -0.05) is 30.3 Å². The number of nitrogens with one attached hydrogen (secondary N) is 1. The zero-order valence-electron chi connectivity index (χ0n) is 13.9. The molecule has 6 heteroatoms. The molecule has 3 rings (SSSR count). The van der Waals surface area contributed by atoms with Crippen molar-refractivity contribution in [3.8, 4) is 0 Å². The summed E-state index contributed by atoms with van der Waals surface area (Å²) in [6, 6.07) is 9.89. The molecule has 24 heavy (non-hydrogen) atoms. The van der Waals surface area contributed by atoms with Crippen molar-refractivity contribution in [1.29, 1.82) is 0 Å². The fraction of sp³-hybridized carbons (Fsp3) is 0.389. The highest BCUT2D eigenvalue weighted by atomic mass is 16.6. The van der Waals surface area contributed by atoms with Gasteiger partial charge >= 0.3 is 6.09 Å². The average Bonchev–Trinajstić information content (AvgIpc) is 2.55. The predicted octanol–water partition coefficient (Wildman–Crippen LogP) is 2.26. The first-order valence-electron chi connectivity index (χ1n) is 8.13. The Labute approximate surface area is 140 Å². The molecule has 0 fully saturated rings. The second-order valence-corrected chi connectivity index (χ2v) is 6.20. The van der Waals surface area contributed by atoms with Crippen molar-refractivity contribution in [1.82, 2.24) is 14.9 Å². The van der Waals surface area contributed by atoms with E-state index >= 15 is 0 Å². The Morgan fingerprint density at radius 2 is 2.08 bits per heavy atom. The van der Waals surface area contributed by atoms with Gasteiger partial charge in [-0.3, -0.25) is 4.79 Å². The molecule has 1 N–H and O–H groups in total. The Hall–Kier alpha value is -2.63. The van der Waals surface area contributed by atoms with Crippen LogP contribution in [0.3, 0.4) is 0 Å². The zero-order valence-corrected chi connectivity index (χ0v) is 13.9. The maximum Gasteiger partial charge on any atom is 0.410 e. The van der Waals surface area contributed by atoms with E-state index < -0.39 is 0 Å². The standard InChI is InChI=1S/C18H21N3O3/c1-12(2)24-18(23)21-9-8-15-14(11-21)17(22)20-16(19-15)10-13-6-4-3-5-7-13/h3-7,12H,8-11H2,1-2H3,(H,19,20,22). The minimum Gasteiger partial charge on any atom is -0.447 e. The minimum atomic E-state index is -0.386. The van der Waals surface area contributed by atoms with Crippen LogP contribution in [0.2, 0.25) is 0 Å². The van der Waals surface area contributed by atoms with Crippen LogP contribution in [-0.4, -0.2) is 33.6 Å². The van der Waals surface area contributed by atoms with Crippen molar-refractivity contribution in [2.45, 2.75) is 39.3 Å². The van der Waals surface area contributed by atoms with Crippen molar-refractivity contribution in [3.63, 3.8) is 0 Å². The highest BCUT2D eigenvalue weighted by Gasteiger charge is 2.25. The number of rotatable bonds is 3. The molecule has 0 atom stereocenters. The van der Waals surface area contributed by atoms with Gasteiger partial charge < -0.3 is 14.6 Å². The number of carbonyl (C=O) groups excluding carboxylic acids is 1. The fourth-order valence-corrected chi connectivity index (χ4v) is 2.78. The highest BCUT2D eigenvalue weighted by Crippen LogP contribution is 2.16. The second-order valence-electron chi connectivity index (χ2n) is 6.20. The summed E-state index contributed by atoms with van der Waals surface area (Å²) in [5, 5.41) is 0. The molecule has 6 nitrogen and oxygen atoms in total. The van der Waals surface area contributed by atoms with E-state index in [4.69, 9.17) is 4.74 Å². The fourth-order valence-electron chi connectivity index (χ4n) is 2.78. The molecule has 2 heterocycles. The van der Waals surface area contributed by atoms with Crippen LogP contribution < -0.4 is 5.56 Å². The Kier molecular flexibility index (Phi) is 4.64. The number of aromatic amines is 1. The Morgan fingerprint density at radius 3 is 2.79 bits per heavy atom. The number of benzene rings is 1. The van der Waals surface area contributed by atoms with Crippen molar-refractivity contribution in [2.24, 2.45) is 0 Å². The number of nitrogens with zero attached hydrogens (tertiary/aromatic N) is 2. The van der Waals surface area contributed by atoms with Crippen LogP contribution in [0.5, 0.6) is 0 Å². The monoisotopic (exact) mass is 327 g/mol. The Bertz CT molecular complexity index is 784. The number of carbonyl (C=O) groups is 1. The van der Waals surface area contributed by atoms with Crippen molar-refractivity contribution < 1.29 is 9.53 Å². The van der Waals surface area contributed by atoms with Gasteiger partial charge in [0.1, 0.15) is 5.82 Å². The average molecular weight is 327 g/mol. The summed E-state index contributed by atoms with van der Waals surface area (Å²) in [5.74, 6) is 0.656. The summed E-state index contributed by atoms with van der Waals surface area (Å²) in [7, 11) is 0. The summed E-state index contributed by atoms with van der Waals surface area (Å²) in [4.78, 5) is 33.4. The van der Waals surface area contributed by atoms with Crippen LogP contribution >= 0.6 is 0 Å². The van der Waals surface area contributed by atoms with Crippen LogP contribution in [0.1, 0.15) is 36.5 Å². The van der Waals surface area contributed by atoms with Crippen molar-refractivity contribution >= 4 is 6.09 Å². The minimum absolute atomic E-state index is 0.173. The summed E-state index contributed by atoms with van der Waals surface area (Å²) < 4.78 is 5.20. The van der Waals surface area contributed by atoms with Gasteiger partial charge in [0.05, 0.1) is 23.9 Å². The van der Waals surface area contributed by atoms with Crippen LogP contribution in [0, 0.1) is 0 Å². The molecule has 1 aromatic heterocycles. The quantitative estimate of drug-likeness (QED) is 0.938. The first-order valence-corrected chi connectivity index (χ1v) is 8.13. The van der Waals surface area contributed by atoms with Gasteiger partial charge in [0.2, 0.25) is 0 Å². The third-order valence-corrected chi connectivity index (χ3v) is 3.93. The molecular weight excluding hydrogens is 306 g/mol. The molecule has 0 radical (unpaired) electrons. The lowest BCUT2D eigenvalue weighted by molar-refractivity contribution is 0.0726. The van der Waals surface area contributed by atoms with Gasteiger partial charge in [0.25, 0.3) is 5.56 Å². The normalized spacial score (nSPS) is 13.7. The van der Waals surface area contributed by atoms with Crippen LogP contribution in [0.25, 0.3) is 0 Å². The topological polar surface area (TPSA) is 75.3 Å². The predicted molar refractivity (Wildman–Crippen MR) is 89.8 cm³/mol. The van der Waals surface area contributed by atoms with Gasteiger partial charge in [-0.25, -0.2) is 9.78 Å². The van der Waals surface area contributed by atoms with E-state index in [9.17, 15) is 9.59 Å². The largest absolute Gasteiger partial charge is 0.447 e. The number of ether oxygens (including phenoxy) is 1. The number of aromatic nitrogens is 2. The molecule has 1 amide bonds. The highest BCUT2D eigenvalue weighted by molar-refractivity contribution is 5.68. The van der Waals surface area contributed by atoms with E-state index in [1.54, 1.807) is 18.7 Å². The number of amides is 1. The first-order chi connectivity index (χ1) is 11.5. The molecule has 0 spiro atoms. The smallest absolute Gasteiger partial charge is 0.410 e. The number of hydrogen-bond donors (Lipinski definition) is 1. The van der Waals surface area contributed by atoms with E-state index in [1.165, 1.54) is 0 Å². The summed E-state index contributed by atoms with van der Waals surface area (Å²) in [6.45, 7) is 4.37. The van der Waals surface area contributed by atoms with Gasteiger partial charge in [0.15, 0.2) is 0 Å². The maximum atomic E-state index is 12.4. The van der Waals surface area contributed by atoms with E-state index in [-0.39, 0.29) is 24.3 Å². The molecule has 0 saturated carbocycles. The first kappa shape index (κ1) is 16.2. The van der Waals surface area contributed by atoms with Gasteiger partial charge in [-0.15, -0.1) is 0 Å². The van der Waals surface area contributed by atoms with Crippen LogP contribution in [-0.2, 0) is 24.1 Å². The molecular formula is C18H21N3O3. The van der Waals surface area contributed by atoms with E-state index in [0.29, 0.717) is 30.8 Å².